The lowest BCUT2D eigenvalue weighted by Crippen LogP contribution is -2.23. The average Bonchev–Trinajstić information content (AvgIpc) is 3.12. The minimum Gasteiger partial charge on any atom is -0.493 e. The number of cyclic esters (lactones) is 1. The number of nitrogens with one attached hydrogen (secondary N) is 1. The van der Waals surface area contributed by atoms with Crippen molar-refractivity contribution in [1.82, 2.24) is 5.32 Å². The monoisotopic (exact) mass is 479 g/mol. The summed E-state index contributed by atoms with van der Waals surface area (Å²) in [4.78, 5) is 22.9. The maximum absolute atomic E-state index is 13.4. The van der Waals surface area contributed by atoms with Gasteiger partial charge in [-0.1, -0.05) is 29.8 Å². The number of alkyl carbamates (subject to hydrolysis) is 1. The molecule has 2 aliphatic rings. The highest BCUT2D eigenvalue weighted by Crippen LogP contribution is 2.42. The van der Waals surface area contributed by atoms with Gasteiger partial charge in [0.25, 0.3) is 5.91 Å². The molecule has 33 heavy (non-hydrogen) atoms. The molecule has 176 valence electrons. The smallest absolute Gasteiger partial charge is 0.415 e. The Kier molecular flexibility index (Phi) is 7.02. The third kappa shape index (κ3) is 5.93. The van der Waals surface area contributed by atoms with Crippen molar-refractivity contribution in [2.45, 2.75) is 50.0 Å². The Morgan fingerprint density at radius 3 is 2.48 bits per heavy atom. The van der Waals surface area contributed by atoms with E-state index in [1.807, 2.05) is 6.07 Å². The molecular weight excluding hydrogens is 456 g/mol. The Hall–Kier alpha value is -2.87. The second-order valence-electron chi connectivity index (χ2n) is 8.22. The molecular formula is C24H24ClF2NO5. The van der Waals surface area contributed by atoms with Crippen LogP contribution in [0.5, 0.6) is 11.5 Å². The molecule has 0 aromatic heterocycles. The summed E-state index contributed by atoms with van der Waals surface area (Å²) in [6.07, 6.45) is -0.421. The molecule has 2 amide bonds. The number of hydrogen-bond donors (Lipinski definition) is 1. The Bertz CT molecular complexity index is 1020. The number of halogens is 3. The van der Waals surface area contributed by atoms with Crippen LogP contribution in [0, 0.1) is 0 Å². The van der Waals surface area contributed by atoms with Gasteiger partial charge in [0.2, 0.25) is 12.0 Å². The van der Waals surface area contributed by atoms with Crippen molar-refractivity contribution in [3.8, 4) is 11.5 Å². The van der Waals surface area contributed by atoms with Crippen LogP contribution in [0.1, 0.15) is 55.3 Å². The largest absolute Gasteiger partial charge is 0.493 e. The van der Waals surface area contributed by atoms with Crippen molar-refractivity contribution in [1.29, 1.82) is 0 Å². The number of amides is 2. The van der Waals surface area contributed by atoms with E-state index in [4.69, 9.17) is 25.8 Å². The molecule has 2 aromatic carbocycles. The summed E-state index contributed by atoms with van der Waals surface area (Å²) in [5.41, 5.74) is 1.49. The van der Waals surface area contributed by atoms with Crippen molar-refractivity contribution < 1.29 is 32.6 Å². The lowest BCUT2D eigenvalue weighted by atomic mass is 9.82. The Labute approximate surface area is 195 Å². The standard InChI is InChI=1S/C24H24ClF2NO5/c25-19-14-16(15-7-9-24(26,27)10-8-15)5-6-20(19)32-12-2-11-31-18-4-1-3-17(13-18)21-22(29)28-23(30)33-21/h1,3-6,13-15,21H,2,7-12H2,(H,28,29,30). The maximum atomic E-state index is 13.4. The quantitative estimate of drug-likeness (QED) is 0.485. The molecule has 1 N–H and O–H groups in total. The average molecular weight is 480 g/mol. The molecule has 1 atom stereocenters. The van der Waals surface area contributed by atoms with E-state index in [0.717, 1.165) is 5.56 Å². The zero-order valence-electron chi connectivity index (χ0n) is 17.8. The Morgan fingerprint density at radius 1 is 1.03 bits per heavy atom. The number of benzene rings is 2. The van der Waals surface area contributed by atoms with Crippen LogP contribution in [0.25, 0.3) is 0 Å². The third-order valence-corrected chi connectivity index (χ3v) is 6.10. The van der Waals surface area contributed by atoms with Crippen molar-refractivity contribution >= 4 is 23.6 Å². The van der Waals surface area contributed by atoms with E-state index in [2.05, 4.69) is 5.32 Å². The second-order valence-corrected chi connectivity index (χ2v) is 8.62. The highest BCUT2D eigenvalue weighted by atomic mass is 35.5. The molecule has 1 saturated heterocycles. The van der Waals surface area contributed by atoms with E-state index in [1.54, 1.807) is 36.4 Å². The Balaban J connectivity index is 1.22. The molecule has 1 aliphatic carbocycles. The van der Waals surface area contributed by atoms with Crippen LogP contribution < -0.4 is 14.8 Å². The molecule has 9 heteroatoms. The number of carbonyl (C=O) groups is 2. The zero-order valence-corrected chi connectivity index (χ0v) is 18.6. The van der Waals surface area contributed by atoms with E-state index in [-0.39, 0.29) is 18.8 Å². The van der Waals surface area contributed by atoms with Crippen LogP contribution in [0.15, 0.2) is 42.5 Å². The number of ether oxygens (including phenoxy) is 3. The molecule has 1 aliphatic heterocycles. The van der Waals surface area contributed by atoms with Crippen LogP contribution in [0.4, 0.5) is 13.6 Å². The van der Waals surface area contributed by atoms with Gasteiger partial charge in [-0.2, -0.15) is 0 Å². The number of imide groups is 1. The zero-order chi connectivity index (χ0) is 23.4. The Morgan fingerprint density at radius 2 is 1.79 bits per heavy atom. The van der Waals surface area contributed by atoms with E-state index in [1.165, 1.54) is 0 Å². The summed E-state index contributed by atoms with van der Waals surface area (Å²) in [5, 5.41) is 2.55. The summed E-state index contributed by atoms with van der Waals surface area (Å²) in [5.74, 6) is -1.87. The van der Waals surface area contributed by atoms with Crippen LogP contribution in [-0.2, 0) is 9.53 Å². The van der Waals surface area contributed by atoms with Gasteiger partial charge < -0.3 is 14.2 Å². The molecule has 1 unspecified atom stereocenters. The van der Waals surface area contributed by atoms with Crippen molar-refractivity contribution in [2.75, 3.05) is 13.2 Å². The second kappa shape index (κ2) is 9.95. The fourth-order valence-corrected chi connectivity index (χ4v) is 4.28. The fourth-order valence-electron chi connectivity index (χ4n) is 4.04. The molecule has 2 fully saturated rings. The molecule has 0 spiro atoms. The molecule has 2 aromatic rings. The maximum Gasteiger partial charge on any atom is 0.415 e. The summed E-state index contributed by atoms with van der Waals surface area (Å²) in [6, 6.07) is 12.3. The van der Waals surface area contributed by atoms with Gasteiger partial charge in [0.15, 0.2) is 0 Å². The first-order chi connectivity index (χ1) is 15.8. The minimum atomic E-state index is -2.55. The topological polar surface area (TPSA) is 73.9 Å². The van der Waals surface area contributed by atoms with Gasteiger partial charge in [-0.15, -0.1) is 0 Å². The molecule has 1 heterocycles. The van der Waals surface area contributed by atoms with Gasteiger partial charge in [-0.05, 0) is 48.6 Å². The predicted molar refractivity (Wildman–Crippen MR) is 117 cm³/mol. The van der Waals surface area contributed by atoms with Crippen LogP contribution >= 0.6 is 11.6 Å². The van der Waals surface area contributed by atoms with E-state index >= 15 is 0 Å². The van der Waals surface area contributed by atoms with Crippen LogP contribution in [0.3, 0.4) is 0 Å². The first-order valence-corrected chi connectivity index (χ1v) is 11.2. The van der Waals surface area contributed by atoms with Crippen molar-refractivity contribution in [3.05, 3.63) is 58.6 Å². The van der Waals surface area contributed by atoms with Crippen molar-refractivity contribution in [2.24, 2.45) is 0 Å². The molecule has 6 nitrogen and oxygen atoms in total. The van der Waals surface area contributed by atoms with Gasteiger partial charge in [0.05, 0.1) is 18.2 Å². The van der Waals surface area contributed by atoms with Gasteiger partial charge in [-0.3, -0.25) is 10.1 Å². The molecule has 1 saturated carbocycles. The first-order valence-electron chi connectivity index (χ1n) is 10.8. The highest BCUT2D eigenvalue weighted by Gasteiger charge is 2.35. The van der Waals surface area contributed by atoms with Crippen LogP contribution in [-0.4, -0.2) is 31.1 Å². The predicted octanol–water partition coefficient (Wildman–Crippen LogP) is 5.79. The number of carbonyl (C=O) groups excluding carboxylic acids is 2. The lowest BCUT2D eigenvalue weighted by molar-refractivity contribution is -0.123. The van der Waals surface area contributed by atoms with Gasteiger partial charge in [-0.25, -0.2) is 13.6 Å². The molecule has 4 rings (SSSR count). The minimum absolute atomic E-state index is 0.0879. The number of hydrogen-bond acceptors (Lipinski definition) is 5. The van der Waals surface area contributed by atoms with Gasteiger partial charge in [0, 0.05) is 24.8 Å². The SMILES string of the molecule is O=C1NC(=O)C(c2cccc(OCCCOc3ccc(C4CCC(F)(F)CC4)cc3Cl)c2)O1. The third-order valence-electron chi connectivity index (χ3n) is 5.81. The van der Waals surface area contributed by atoms with Gasteiger partial charge in [0.1, 0.15) is 11.5 Å². The van der Waals surface area contributed by atoms with E-state index in [0.29, 0.717) is 54.6 Å². The fraction of sp³-hybridized carbons (Fsp3) is 0.417. The first kappa shape index (κ1) is 23.3. The lowest BCUT2D eigenvalue weighted by Gasteiger charge is -2.28. The number of alkyl halides is 2. The summed E-state index contributed by atoms with van der Waals surface area (Å²) in [6.45, 7) is 0.739. The van der Waals surface area contributed by atoms with Crippen LogP contribution in [0.2, 0.25) is 5.02 Å². The summed E-state index contributed by atoms with van der Waals surface area (Å²) in [7, 11) is 0. The normalized spacial score (nSPS) is 20.3. The van der Waals surface area contributed by atoms with Gasteiger partial charge >= 0.3 is 6.09 Å². The van der Waals surface area contributed by atoms with E-state index in [9.17, 15) is 18.4 Å². The highest BCUT2D eigenvalue weighted by molar-refractivity contribution is 6.32. The molecule has 0 bridgehead atoms. The summed E-state index contributed by atoms with van der Waals surface area (Å²) >= 11 is 6.34. The molecule has 0 radical (unpaired) electrons. The van der Waals surface area contributed by atoms with Crippen molar-refractivity contribution in [3.63, 3.8) is 0 Å². The number of rotatable bonds is 8. The van der Waals surface area contributed by atoms with E-state index < -0.39 is 24.0 Å². The summed E-state index contributed by atoms with van der Waals surface area (Å²) < 4.78 is 43.2.